The van der Waals surface area contributed by atoms with Crippen LogP contribution in [0.15, 0.2) is 12.7 Å². The molecule has 11 nitrogen and oxygen atoms in total. The molecule has 6 N–H and O–H groups in total. The zero-order valence-corrected chi connectivity index (χ0v) is 12.6. The molecule has 0 amide bonds. The predicted molar refractivity (Wildman–Crippen MR) is 79.9 cm³/mol. The van der Waals surface area contributed by atoms with Crippen molar-refractivity contribution in [1.82, 2.24) is 19.5 Å². The van der Waals surface area contributed by atoms with E-state index in [2.05, 4.69) is 20.3 Å². The van der Waals surface area contributed by atoms with Crippen LogP contribution in [0.25, 0.3) is 11.2 Å². The second-order valence-corrected chi connectivity index (χ2v) is 5.49. The Hall–Kier alpha value is -1.89. The number of ether oxygens (including phenoxy) is 1. The number of aliphatic hydroxyl groups excluding tert-OH is 5. The van der Waals surface area contributed by atoms with Gasteiger partial charge in [-0.2, -0.15) is 0 Å². The maximum absolute atomic E-state index is 10.1. The van der Waals surface area contributed by atoms with Crippen LogP contribution < -0.4 is 5.32 Å². The third-order valence-electron chi connectivity index (χ3n) is 3.87. The van der Waals surface area contributed by atoms with E-state index in [1.54, 1.807) is 0 Å². The van der Waals surface area contributed by atoms with E-state index in [9.17, 15) is 20.4 Å². The number of hydrogen-bond acceptors (Lipinski definition) is 10. The van der Waals surface area contributed by atoms with E-state index in [1.165, 1.54) is 17.2 Å². The number of fused-ring (bicyclic) bond motifs is 1. The summed E-state index contributed by atoms with van der Waals surface area (Å²) in [7, 11) is 0. The molecule has 24 heavy (non-hydrogen) atoms. The lowest BCUT2D eigenvalue weighted by Crippen LogP contribution is -2.33. The van der Waals surface area contributed by atoms with E-state index in [1.807, 2.05) is 0 Å². The summed E-state index contributed by atoms with van der Waals surface area (Å²) in [5.41, 5.74) is 0.723. The highest BCUT2D eigenvalue weighted by Gasteiger charge is 2.44. The molecule has 3 rings (SSSR count). The zero-order chi connectivity index (χ0) is 17.3. The van der Waals surface area contributed by atoms with Gasteiger partial charge in [-0.05, 0) is 0 Å². The van der Waals surface area contributed by atoms with Gasteiger partial charge in [-0.15, -0.1) is 0 Å². The number of nitrogens with zero attached hydrogens (tertiary/aromatic N) is 4. The molecule has 132 valence electrons. The molecule has 1 fully saturated rings. The van der Waals surface area contributed by atoms with Crippen LogP contribution in [0.2, 0.25) is 0 Å². The average molecular weight is 341 g/mol. The molecule has 0 aromatic carbocycles. The minimum atomic E-state index is -1.25. The van der Waals surface area contributed by atoms with Crippen LogP contribution in [0, 0.1) is 0 Å². The highest BCUT2D eigenvalue weighted by Crippen LogP contribution is 2.31. The first-order chi connectivity index (χ1) is 11.6. The van der Waals surface area contributed by atoms with Gasteiger partial charge in [0.2, 0.25) is 0 Å². The van der Waals surface area contributed by atoms with Crippen molar-refractivity contribution >= 4 is 17.0 Å². The summed E-state index contributed by atoms with van der Waals surface area (Å²) in [4.78, 5) is 12.3. The number of aromatic nitrogens is 4. The second kappa shape index (κ2) is 6.93. The van der Waals surface area contributed by atoms with Crippen molar-refractivity contribution < 1.29 is 30.3 Å². The Kier molecular flexibility index (Phi) is 4.89. The summed E-state index contributed by atoms with van der Waals surface area (Å²) in [6.07, 6.45) is -2.62. The number of imidazole rings is 1. The monoisotopic (exact) mass is 341 g/mol. The van der Waals surface area contributed by atoms with E-state index >= 15 is 0 Å². The molecule has 0 radical (unpaired) electrons. The smallest absolute Gasteiger partial charge is 0.167 e. The molecule has 2 aromatic heterocycles. The number of rotatable bonds is 6. The molecule has 0 aliphatic carbocycles. The SMILES string of the molecule is OC[C@H](O)CNc1ncnc2c1ncn2[C@@H]1O[C@H](CO)[C@@H](O)[C@H]1O. The van der Waals surface area contributed by atoms with Gasteiger partial charge in [-0.25, -0.2) is 15.0 Å². The molecule has 2 aromatic rings. The zero-order valence-electron chi connectivity index (χ0n) is 12.6. The van der Waals surface area contributed by atoms with E-state index in [4.69, 9.17) is 9.84 Å². The van der Waals surface area contributed by atoms with Crippen LogP contribution >= 0.6 is 0 Å². The molecular weight excluding hydrogens is 322 g/mol. The molecule has 3 heterocycles. The van der Waals surface area contributed by atoms with Crippen molar-refractivity contribution in [2.75, 3.05) is 25.1 Å². The van der Waals surface area contributed by atoms with Crippen LogP contribution in [0.4, 0.5) is 5.82 Å². The molecule has 0 bridgehead atoms. The van der Waals surface area contributed by atoms with Crippen molar-refractivity contribution in [2.24, 2.45) is 0 Å². The Morgan fingerprint density at radius 2 is 2.00 bits per heavy atom. The average Bonchev–Trinajstić information content (AvgIpc) is 3.15. The number of anilines is 1. The Labute approximate surface area is 136 Å². The van der Waals surface area contributed by atoms with Crippen molar-refractivity contribution in [3.8, 4) is 0 Å². The Balaban J connectivity index is 1.89. The summed E-state index contributed by atoms with van der Waals surface area (Å²) in [5.74, 6) is 0.345. The van der Waals surface area contributed by atoms with Crippen LogP contribution in [0.5, 0.6) is 0 Å². The van der Waals surface area contributed by atoms with E-state index in [0.717, 1.165) is 0 Å². The third-order valence-corrected chi connectivity index (χ3v) is 3.87. The highest BCUT2D eigenvalue weighted by molar-refractivity contribution is 5.82. The maximum Gasteiger partial charge on any atom is 0.167 e. The molecule has 1 aliphatic rings. The maximum atomic E-state index is 10.1. The molecular formula is C13H19N5O6. The molecule has 0 spiro atoms. The van der Waals surface area contributed by atoms with Gasteiger partial charge >= 0.3 is 0 Å². The van der Waals surface area contributed by atoms with E-state index < -0.39 is 43.9 Å². The van der Waals surface area contributed by atoms with Crippen molar-refractivity contribution in [3.05, 3.63) is 12.7 Å². The quantitative estimate of drug-likeness (QED) is 0.323. The van der Waals surface area contributed by atoms with E-state index in [0.29, 0.717) is 17.0 Å². The molecule has 0 saturated carbocycles. The fourth-order valence-electron chi connectivity index (χ4n) is 2.56. The summed E-state index contributed by atoms with van der Waals surface area (Å²) in [5, 5.41) is 50.2. The van der Waals surface area contributed by atoms with Gasteiger partial charge in [-0.1, -0.05) is 0 Å². The van der Waals surface area contributed by atoms with E-state index in [-0.39, 0.29) is 6.54 Å². The Morgan fingerprint density at radius 1 is 1.21 bits per heavy atom. The topological polar surface area (TPSA) is 166 Å². The summed E-state index contributed by atoms with van der Waals surface area (Å²) in [6.45, 7) is -0.746. The lowest BCUT2D eigenvalue weighted by atomic mass is 10.1. The number of hydrogen-bond donors (Lipinski definition) is 6. The lowest BCUT2D eigenvalue weighted by Gasteiger charge is -2.16. The predicted octanol–water partition coefficient (Wildman–Crippen LogP) is -2.80. The minimum Gasteiger partial charge on any atom is -0.394 e. The molecule has 1 saturated heterocycles. The van der Waals surface area contributed by atoms with Crippen LogP contribution in [0.3, 0.4) is 0 Å². The second-order valence-electron chi connectivity index (χ2n) is 5.49. The number of nitrogens with one attached hydrogen (secondary N) is 1. The molecule has 11 heteroatoms. The lowest BCUT2D eigenvalue weighted by molar-refractivity contribution is -0.0511. The first kappa shape index (κ1) is 17.0. The van der Waals surface area contributed by atoms with Crippen molar-refractivity contribution in [1.29, 1.82) is 0 Å². The van der Waals surface area contributed by atoms with Gasteiger partial charge < -0.3 is 35.6 Å². The van der Waals surface area contributed by atoms with Gasteiger partial charge in [0.1, 0.15) is 24.6 Å². The first-order valence-corrected chi connectivity index (χ1v) is 7.39. The highest BCUT2D eigenvalue weighted by atomic mass is 16.6. The van der Waals surface area contributed by atoms with Gasteiger partial charge in [0.05, 0.1) is 25.6 Å². The summed E-state index contributed by atoms with van der Waals surface area (Å²) in [6, 6.07) is 0. The summed E-state index contributed by atoms with van der Waals surface area (Å²) >= 11 is 0. The summed E-state index contributed by atoms with van der Waals surface area (Å²) < 4.78 is 6.90. The third kappa shape index (κ3) is 2.92. The molecule has 5 atom stereocenters. The van der Waals surface area contributed by atoms with Crippen LogP contribution in [-0.4, -0.2) is 89.2 Å². The Bertz CT molecular complexity index is 697. The van der Waals surface area contributed by atoms with Gasteiger partial charge in [-0.3, -0.25) is 4.57 Å². The molecule has 0 unspecified atom stereocenters. The normalized spacial score (nSPS) is 28.4. The standard InChI is InChI=1S/C13H19N5O6/c19-2-6(21)1-14-11-8-12(16-4-15-11)18(5-17-8)13-10(23)9(22)7(3-20)24-13/h4-7,9-10,13,19-23H,1-3H2,(H,14,15,16)/t6-,7-,9-,10-,13-/m1/s1. The van der Waals surface area contributed by atoms with Crippen molar-refractivity contribution in [3.63, 3.8) is 0 Å². The largest absolute Gasteiger partial charge is 0.394 e. The molecule has 1 aliphatic heterocycles. The first-order valence-electron chi connectivity index (χ1n) is 7.39. The van der Waals surface area contributed by atoms with Crippen molar-refractivity contribution in [2.45, 2.75) is 30.6 Å². The number of aliphatic hydroxyl groups is 5. The van der Waals surface area contributed by atoms with Crippen LogP contribution in [0.1, 0.15) is 6.23 Å². The van der Waals surface area contributed by atoms with Gasteiger partial charge in [0.25, 0.3) is 0 Å². The minimum absolute atomic E-state index is 0.0727. The Morgan fingerprint density at radius 3 is 2.67 bits per heavy atom. The fourth-order valence-corrected chi connectivity index (χ4v) is 2.56. The van der Waals surface area contributed by atoms with Crippen LogP contribution in [-0.2, 0) is 4.74 Å². The van der Waals surface area contributed by atoms with Gasteiger partial charge in [0.15, 0.2) is 23.2 Å². The fraction of sp³-hybridized carbons (Fsp3) is 0.615. The van der Waals surface area contributed by atoms with Gasteiger partial charge in [0, 0.05) is 6.54 Å².